The van der Waals surface area contributed by atoms with Gasteiger partial charge in [0.25, 0.3) is 0 Å². The molecule has 0 amide bonds. The van der Waals surface area contributed by atoms with Crippen molar-refractivity contribution in [1.82, 2.24) is 4.98 Å². The van der Waals surface area contributed by atoms with Gasteiger partial charge in [-0.3, -0.25) is 4.98 Å². The molecule has 2 rings (SSSR count). The number of carbonyl (C=O) groups excluding carboxylic acids is 1. The van der Waals surface area contributed by atoms with E-state index in [2.05, 4.69) is 4.98 Å². The van der Waals surface area contributed by atoms with Crippen molar-refractivity contribution in [3.63, 3.8) is 0 Å². The zero-order chi connectivity index (χ0) is 15.2. The molecule has 110 valence electrons. The van der Waals surface area contributed by atoms with Gasteiger partial charge in [0.15, 0.2) is 0 Å². The van der Waals surface area contributed by atoms with E-state index < -0.39 is 5.97 Å². The standard InChI is InChI=1S/C16H18N2O3/c1-3-20-15-7-6-12(9-13(15)17)16(19)21-10-14-11(2)5-4-8-18-14/h4-9H,3,10,17H2,1-2H3. The van der Waals surface area contributed by atoms with E-state index in [1.807, 2.05) is 26.0 Å². The molecule has 0 fully saturated rings. The summed E-state index contributed by atoms with van der Waals surface area (Å²) >= 11 is 0. The van der Waals surface area contributed by atoms with Gasteiger partial charge in [-0.1, -0.05) is 6.07 Å². The average Bonchev–Trinajstić information content (AvgIpc) is 2.48. The summed E-state index contributed by atoms with van der Waals surface area (Å²) in [4.78, 5) is 16.2. The van der Waals surface area contributed by atoms with Crippen LogP contribution in [0.5, 0.6) is 5.75 Å². The first kappa shape index (κ1) is 14.8. The highest BCUT2D eigenvalue weighted by molar-refractivity contribution is 5.91. The van der Waals surface area contributed by atoms with Crippen LogP contribution in [-0.4, -0.2) is 17.6 Å². The maximum Gasteiger partial charge on any atom is 0.338 e. The Morgan fingerprint density at radius 3 is 2.81 bits per heavy atom. The van der Waals surface area contributed by atoms with Gasteiger partial charge in [-0.15, -0.1) is 0 Å². The molecule has 2 aromatic rings. The number of rotatable bonds is 5. The summed E-state index contributed by atoms with van der Waals surface area (Å²) in [5.41, 5.74) is 8.36. The lowest BCUT2D eigenvalue weighted by Gasteiger charge is -2.09. The van der Waals surface area contributed by atoms with Crippen molar-refractivity contribution in [2.45, 2.75) is 20.5 Å². The van der Waals surface area contributed by atoms with Crippen molar-refractivity contribution in [3.05, 3.63) is 53.3 Å². The molecule has 0 radical (unpaired) electrons. The van der Waals surface area contributed by atoms with E-state index in [0.29, 0.717) is 23.6 Å². The summed E-state index contributed by atoms with van der Waals surface area (Å²) in [6.45, 7) is 4.45. The number of carbonyl (C=O) groups is 1. The van der Waals surface area contributed by atoms with Crippen LogP contribution in [0.2, 0.25) is 0 Å². The summed E-state index contributed by atoms with van der Waals surface area (Å²) < 4.78 is 10.6. The molecule has 21 heavy (non-hydrogen) atoms. The Morgan fingerprint density at radius 2 is 2.14 bits per heavy atom. The number of nitrogen functional groups attached to an aromatic ring is 1. The first-order chi connectivity index (χ1) is 10.1. The predicted octanol–water partition coefficient (Wildman–Crippen LogP) is 2.73. The molecule has 0 saturated heterocycles. The van der Waals surface area contributed by atoms with Gasteiger partial charge in [0, 0.05) is 6.20 Å². The van der Waals surface area contributed by atoms with Gasteiger partial charge in [0.05, 0.1) is 23.6 Å². The average molecular weight is 286 g/mol. The molecule has 5 heteroatoms. The van der Waals surface area contributed by atoms with Gasteiger partial charge in [-0.2, -0.15) is 0 Å². The second-order valence-electron chi connectivity index (χ2n) is 4.53. The number of benzene rings is 1. The second kappa shape index (κ2) is 6.74. The van der Waals surface area contributed by atoms with Crippen molar-refractivity contribution in [2.75, 3.05) is 12.3 Å². The summed E-state index contributed by atoms with van der Waals surface area (Å²) in [6, 6.07) is 8.62. The summed E-state index contributed by atoms with van der Waals surface area (Å²) in [5.74, 6) is 0.129. The molecule has 1 aromatic carbocycles. The molecular formula is C16H18N2O3. The number of nitrogens with zero attached hydrogens (tertiary/aromatic N) is 1. The topological polar surface area (TPSA) is 74.4 Å². The third kappa shape index (κ3) is 3.72. The van der Waals surface area contributed by atoms with Crippen molar-refractivity contribution in [1.29, 1.82) is 0 Å². The highest BCUT2D eigenvalue weighted by atomic mass is 16.5. The minimum Gasteiger partial charge on any atom is -0.492 e. The first-order valence-corrected chi connectivity index (χ1v) is 6.71. The monoisotopic (exact) mass is 286 g/mol. The Bertz CT molecular complexity index is 641. The molecule has 0 bridgehead atoms. The smallest absolute Gasteiger partial charge is 0.338 e. The molecule has 0 spiro atoms. The molecule has 0 saturated carbocycles. The van der Waals surface area contributed by atoms with E-state index in [-0.39, 0.29) is 6.61 Å². The molecule has 0 aliphatic rings. The van der Waals surface area contributed by atoms with Crippen molar-refractivity contribution in [2.24, 2.45) is 0 Å². The number of anilines is 1. The lowest BCUT2D eigenvalue weighted by Crippen LogP contribution is -2.08. The van der Waals surface area contributed by atoms with E-state index >= 15 is 0 Å². The molecule has 0 atom stereocenters. The minimum absolute atomic E-state index is 0.138. The van der Waals surface area contributed by atoms with Crippen LogP contribution in [0.15, 0.2) is 36.5 Å². The van der Waals surface area contributed by atoms with E-state index in [1.165, 1.54) is 0 Å². The fourth-order valence-corrected chi connectivity index (χ4v) is 1.85. The number of hydrogen-bond donors (Lipinski definition) is 1. The van der Waals surface area contributed by atoms with Crippen LogP contribution in [0.1, 0.15) is 28.5 Å². The zero-order valence-electron chi connectivity index (χ0n) is 12.1. The van der Waals surface area contributed by atoms with Crippen LogP contribution in [0.3, 0.4) is 0 Å². The Kier molecular flexibility index (Phi) is 4.77. The predicted molar refractivity (Wildman–Crippen MR) is 80.1 cm³/mol. The van der Waals surface area contributed by atoms with Crippen LogP contribution in [0.4, 0.5) is 5.69 Å². The number of nitrogens with two attached hydrogens (primary N) is 1. The fraction of sp³-hybridized carbons (Fsp3) is 0.250. The van der Waals surface area contributed by atoms with Crippen molar-refractivity contribution < 1.29 is 14.3 Å². The number of esters is 1. The van der Waals surface area contributed by atoms with Crippen LogP contribution < -0.4 is 10.5 Å². The van der Waals surface area contributed by atoms with Crippen molar-refractivity contribution in [3.8, 4) is 5.75 Å². The minimum atomic E-state index is -0.435. The Labute approximate surface area is 123 Å². The van der Waals surface area contributed by atoms with E-state index in [4.69, 9.17) is 15.2 Å². The number of aryl methyl sites for hydroxylation is 1. The molecule has 2 N–H and O–H groups in total. The molecule has 5 nitrogen and oxygen atoms in total. The third-order valence-electron chi connectivity index (χ3n) is 3.00. The SMILES string of the molecule is CCOc1ccc(C(=O)OCc2ncccc2C)cc1N. The number of hydrogen-bond acceptors (Lipinski definition) is 5. The van der Waals surface area contributed by atoms with Gasteiger partial charge in [0.2, 0.25) is 0 Å². The van der Waals surface area contributed by atoms with E-state index in [0.717, 1.165) is 11.3 Å². The second-order valence-corrected chi connectivity index (χ2v) is 4.53. The molecule has 0 unspecified atom stereocenters. The maximum atomic E-state index is 12.0. The lowest BCUT2D eigenvalue weighted by atomic mass is 10.2. The van der Waals surface area contributed by atoms with Crippen LogP contribution in [0, 0.1) is 6.92 Å². The molecule has 0 aliphatic carbocycles. The molecule has 1 heterocycles. The number of aromatic nitrogens is 1. The molecule has 0 aliphatic heterocycles. The van der Waals surface area contributed by atoms with Crippen molar-refractivity contribution >= 4 is 11.7 Å². The Hall–Kier alpha value is -2.56. The van der Waals surface area contributed by atoms with Gasteiger partial charge in [-0.25, -0.2) is 4.79 Å². The fourth-order valence-electron chi connectivity index (χ4n) is 1.85. The van der Waals surface area contributed by atoms with Crippen LogP contribution in [0.25, 0.3) is 0 Å². The summed E-state index contributed by atoms with van der Waals surface area (Å²) in [7, 11) is 0. The third-order valence-corrected chi connectivity index (χ3v) is 3.00. The van der Waals surface area contributed by atoms with Gasteiger partial charge >= 0.3 is 5.97 Å². The van der Waals surface area contributed by atoms with Crippen LogP contribution >= 0.6 is 0 Å². The lowest BCUT2D eigenvalue weighted by molar-refractivity contribution is 0.0467. The highest BCUT2D eigenvalue weighted by Gasteiger charge is 2.11. The number of pyridine rings is 1. The molecular weight excluding hydrogens is 268 g/mol. The van der Waals surface area contributed by atoms with E-state index in [9.17, 15) is 4.79 Å². The largest absolute Gasteiger partial charge is 0.492 e. The van der Waals surface area contributed by atoms with Crippen LogP contribution in [-0.2, 0) is 11.3 Å². The van der Waals surface area contributed by atoms with Gasteiger partial charge < -0.3 is 15.2 Å². The maximum absolute atomic E-state index is 12.0. The Morgan fingerprint density at radius 1 is 1.33 bits per heavy atom. The quantitative estimate of drug-likeness (QED) is 0.675. The normalized spacial score (nSPS) is 10.2. The zero-order valence-corrected chi connectivity index (χ0v) is 12.1. The summed E-state index contributed by atoms with van der Waals surface area (Å²) in [5, 5.41) is 0. The van der Waals surface area contributed by atoms with Gasteiger partial charge in [-0.05, 0) is 43.7 Å². The summed E-state index contributed by atoms with van der Waals surface area (Å²) in [6.07, 6.45) is 1.67. The Balaban J connectivity index is 2.04. The van der Waals surface area contributed by atoms with E-state index in [1.54, 1.807) is 24.4 Å². The highest BCUT2D eigenvalue weighted by Crippen LogP contribution is 2.23. The number of ether oxygens (including phenoxy) is 2. The first-order valence-electron chi connectivity index (χ1n) is 6.71. The van der Waals surface area contributed by atoms with Gasteiger partial charge in [0.1, 0.15) is 12.4 Å². The molecule has 1 aromatic heterocycles.